The number of nitrogens with two attached hydrogens (primary N) is 1. The summed E-state index contributed by atoms with van der Waals surface area (Å²) >= 11 is 0. The molecule has 3 amide bonds. The van der Waals surface area contributed by atoms with Crippen molar-refractivity contribution in [3.63, 3.8) is 0 Å². The number of nitrogens with zero attached hydrogens (tertiary/aromatic N) is 2. The maximum atomic E-state index is 12.6. The molecule has 136 valence electrons. The van der Waals surface area contributed by atoms with E-state index in [1.165, 1.54) is 0 Å². The van der Waals surface area contributed by atoms with Crippen molar-refractivity contribution < 1.29 is 14.4 Å². The fourth-order valence-electron chi connectivity index (χ4n) is 3.14. The van der Waals surface area contributed by atoms with E-state index in [0.29, 0.717) is 17.8 Å². The van der Waals surface area contributed by atoms with E-state index < -0.39 is 5.91 Å². The maximum Gasteiger partial charge on any atom is 0.269 e. The van der Waals surface area contributed by atoms with Gasteiger partial charge in [0.2, 0.25) is 5.91 Å². The minimum atomic E-state index is -0.615. The number of hydrogen-bond donors (Lipinski definition) is 3. The summed E-state index contributed by atoms with van der Waals surface area (Å²) in [5.41, 5.74) is 6.58. The quantitative estimate of drug-likeness (QED) is 0.740. The molecule has 1 saturated heterocycles. The van der Waals surface area contributed by atoms with Gasteiger partial charge in [-0.05, 0) is 37.5 Å². The number of hydrogen-bond acceptors (Lipinski definition) is 4. The highest BCUT2D eigenvalue weighted by atomic mass is 16.2. The Bertz CT molecular complexity index is 802. The predicted octanol–water partition coefficient (Wildman–Crippen LogP) is 0.992. The number of carbonyl (C=O) groups is 3. The Kier molecular flexibility index (Phi) is 5.31. The van der Waals surface area contributed by atoms with Gasteiger partial charge in [-0.1, -0.05) is 18.2 Å². The first-order valence-electron chi connectivity index (χ1n) is 8.54. The Morgan fingerprint density at radius 1 is 1.23 bits per heavy atom. The van der Waals surface area contributed by atoms with Gasteiger partial charge in [0.1, 0.15) is 5.69 Å². The molecule has 0 spiro atoms. The molecule has 0 radical (unpaired) electrons. The first-order chi connectivity index (χ1) is 12.6. The molecule has 2 aromatic rings. The molecule has 26 heavy (non-hydrogen) atoms. The normalized spacial score (nSPS) is 16.9. The van der Waals surface area contributed by atoms with Crippen molar-refractivity contribution in [2.24, 2.45) is 5.73 Å². The van der Waals surface area contributed by atoms with E-state index in [4.69, 9.17) is 5.73 Å². The highest BCUT2D eigenvalue weighted by Gasteiger charge is 2.29. The Hall–Kier alpha value is -3.16. The van der Waals surface area contributed by atoms with Crippen molar-refractivity contribution in [1.82, 2.24) is 20.4 Å². The third kappa shape index (κ3) is 3.90. The molecule has 0 aliphatic carbocycles. The second-order valence-electron chi connectivity index (χ2n) is 6.22. The summed E-state index contributed by atoms with van der Waals surface area (Å²) in [6.45, 7) is 0.511. The largest absolute Gasteiger partial charge is 0.364 e. The summed E-state index contributed by atoms with van der Waals surface area (Å²) in [4.78, 5) is 37.7. The van der Waals surface area contributed by atoms with E-state index in [1.54, 1.807) is 35.2 Å². The summed E-state index contributed by atoms with van der Waals surface area (Å²) in [6, 6.07) is 10.1. The molecule has 3 rings (SSSR count). The number of aromatic nitrogens is 2. The summed E-state index contributed by atoms with van der Waals surface area (Å²) in [5, 5.41) is 9.35. The molecule has 1 aliphatic rings. The molecule has 0 saturated carbocycles. The number of rotatable bonds is 5. The number of piperidine rings is 1. The second kappa shape index (κ2) is 7.81. The molecular weight excluding hydrogens is 334 g/mol. The van der Waals surface area contributed by atoms with Crippen LogP contribution in [0.5, 0.6) is 0 Å². The molecule has 0 bridgehead atoms. The summed E-state index contributed by atoms with van der Waals surface area (Å²) in [7, 11) is 0. The fraction of sp³-hybridized carbons (Fsp3) is 0.333. The predicted molar refractivity (Wildman–Crippen MR) is 94.2 cm³/mol. The molecule has 1 aromatic heterocycles. The Morgan fingerprint density at radius 2 is 2.00 bits per heavy atom. The van der Waals surface area contributed by atoms with Crippen LogP contribution >= 0.6 is 0 Å². The van der Waals surface area contributed by atoms with Gasteiger partial charge in [-0.15, -0.1) is 0 Å². The molecule has 1 atom stereocenters. The molecule has 1 aromatic carbocycles. The van der Waals surface area contributed by atoms with Gasteiger partial charge >= 0.3 is 0 Å². The van der Waals surface area contributed by atoms with Crippen LogP contribution in [-0.4, -0.2) is 45.9 Å². The van der Waals surface area contributed by atoms with Gasteiger partial charge in [0, 0.05) is 12.1 Å². The smallest absolute Gasteiger partial charge is 0.269 e. The third-order valence-corrected chi connectivity index (χ3v) is 4.47. The third-order valence-electron chi connectivity index (χ3n) is 4.47. The zero-order valence-electron chi connectivity index (χ0n) is 14.3. The van der Waals surface area contributed by atoms with Crippen LogP contribution in [0.1, 0.15) is 51.8 Å². The number of amides is 3. The first-order valence-corrected chi connectivity index (χ1v) is 8.54. The zero-order chi connectivity index (χ0) is 18.5. The van der Waals surface area contributed by atoms with Crippen LogP contribution in [0.15, 0.2) is 36.4 Å². The molecule has 1 fully saturated rings. The van der Waals surface area contributed by atoms with E-state index in [9.17, 15) is 14.4 Å². The van der Waals surface area contributed by atoms with Crippen LogP contribution in [0, 0.1) is 0 Å². The number of aromatic amines is 1. The van der Waals surface area contributed by atoms with Crippen LogP contribution in [0.25, 0.3) is 0 Å². The molecule has 8 nitrogen and oxygen atoms in total. The number of likely N-dealkylation sites (tertiary alicyclic amines) is 1. The van der Waals surface area contributed by atoms with Gasteiger partial charge in [0.15, 0.2) is 0 Å². The van der Waals surface area contributed by atoms with Crippen LogP contribution < -0.4 is 11.1 Å². The highest BCUT2D eigenvalue weighted by Crippen LogP contribution is 2.30. The monoisotopic (exact) mass is 355 g/mol. The van der Waals surface area contributed by atoms with E-state index in [0.717, 1.165) is 19.3 Å². The lowest BCUT2D eigenvalue weighted by Crippen LogP contribution is -2.44. The Morgan fingerprint density at radius 3 is 2.69 bits per heavy atom. The zero-order valence-corrected chi connectivity index (χ0v) is 14.3. The molecule has 1 unspecified atom stereocenters. The Labute approximate surface area is 150 Å². The molecule has 1 aliphatic heterocycles. The van der Waals surface area contributed by atoms with Gasteiger partial charge < -0.3 is 16.0 Å². The van der Waals surface area contributed by atoms with E-state index >= 15 is 0 Å². The van der Waals surface area contributed by atoms with Crippen molar-refractivity contribution in [2.45, 2.75) is 25.3 Å². The van der Waals surface area contributed by atoms with Gasteiger partial charge in [-0.3, -0.25) is 19.5 Å². The summed E-state index contributed by atoms with van der Waals surface area (Å²) < 4.78 is 0. The highest BCUT2D eigenvalue weighted by molar-refractivity contribution is 5.96. The SMILES string of the molecule is NC(=O)c1cc(C2CCCCN2C(=O)CNC(=O)c2ccccc2)[nH]n1. The summed E-state index contributed by atoms with van der Waals surface area (Å²) in [5.74, 6) is -1.07. The van der Waals surface area contributed by atoms with Crippen LogP contribution in [0.2, 0.25) is 0 Å². The van der Waals surface area contributed by atoms with Crippen LogP contribution in [0.4, 0.5) is 0 Å². The van der Waals surface area contributed by atoms with E-state index in [-0.39, 0.29) is 30.1 Å². The van der Waals surface area contributed by atoms with Gasteiger partial charge in [-0.2, -0.15) is 5.10 Å². The molecule has 4 N–H and O–H groups in total. The lowest BCUT2D eigenvalue weighted by atomic mass is 9.99. The topological polar surface area (TPSA) is 121 Å². The fourth-order valence-corrected chi connectivity index (χ4v) is 3.14. The Balaban J connectivity index is 1.66. The number of H-pyrrole nitrogens is 1. The van der Waals surface area contributed by atoms with Crippen molar-refractivity contribution >= 4 is 17.7 Å². The standard InChI is InChI=1S/C18H21N5O3/c19-17(25)14-10-13(21-22-14)15-8-4-5-9-23(15)16(24)11-20-18(26)12-6-2-1-3-7-12/h1-3,6-7,10,15H,4-5,8-9,11H2,(H2,19,25)(H,20,26)(H,21,22). The van der Waals surface area contributed by atoms with Crippen LogP contribution in [-0.2, 0) is 4.79 Å². The molecule has 2 heterocycles. The number of carbonyl (C=O) groups excluding carboxylic acids is 3. The number of primary amides is 1. The lowest BCUT2D eigenvalue weighted by Gasteiger charge is -2.35. The van der Waals surface area contributed by atoms with Crippen molar-refractivity contribution in [3.8, 4) is 0 Å². The maximum absolute atomic E-state index is 12.6. The van der Waals surface area contributed by atoms with Gasteiger partial charge in [0.25, 0.3) is 11.8 Å². The molecule has 8 heteroatoms. The van der Waals surface area contributed by atoms with Crippen molar-refractivity contribution in [1.29, 1.82) is 0 Å². The second-order valence-corrected chi connectivity index (χ2v) is 6.22. The summed E-state index contributed by atoms with van der Waals surface area (Å²) in [6.07, 6.45) is 2.63. The van der Waals surface area contributed by atoms with Gasteiger partial charge in [-0.25, -0.2) is 0 Å². The minimum absolute atomic E-state index is 0.0823. The first kappa shape index (κ1) is 17.7. The average Bonchev–Trinajstić information content (AvgIpc) is 3.17. The number of benzene rings is 1. The van der Waals surface area contributed by atoms with Crippen molar-refractivity contribution in [2.75, 3.05) is 13.1 Å². The van der Waals surface area contributed by atoms with Gasteiger partial charge in [0.05, 0.1) is 18.3 Å². The number of nitrogens with one attached hydrogen (secondary N) is 2. The van der Waals surface area contributed by atoms with Crippen molar-refractivity contribution in [3.05, 3.63) is 53.3 Å². The lowest BCUT2D eigenvalue weighted by molar-refractivity contribution is -0.134. The average molecular weight is 355 g/mol. The minimum Gasteiger partial charge on any atom is -0.364 e. The van der Waals surface area contributed by atoms with E-state index in [2.05, 4.69) is 15.5 Å². The molecular formula is C18H21N5O3. The van der Waals surface area contributed by atoms with Crippen LogP contribution in [0.3, 0.4) is 0 Å². The van der Waals surface area contributed by atoms with E-state index in [1.807, 2.05) is 6.07 Å².